The Kier molecular flexibility index (Phi) is 3.84. The van der Waals surface area contributed by atoms with Gasteiger partial charge in [-0.3, -0.25) is 14.6 Å². The van der Waals surface area contributed by atoms with Crippen LogP contribution in [0, 0.1) is 6.92 Å². The average molecular weight is 267 g/mol. The number of carbonyl (C=O) groups is 1. The minimum Gasteiger partial charge on any atom is -0.391 e. The van der Waals surface area contributed by atoms with E-state index < -0.39 is 17.4 Å². The highest BCUT2D eigenvalue weighted by molar-refractivity contribution is 5.76. The van der Waals surface area contributed by atoms with Crippen molar-refractivity contribution in [3.63, 3.8) is 0 Å². The first-order chi connectivity index (χ1) is 8.97. The summed E-state index contributed by atoms with van der Waals surface area (Å²) in [6.45, 7) is 2.55. The number of likely N-dealkylation sites (tertiary alicyclic amines) is 1. The van der Waals surface area contributed by atoms with Gasteiger partial charge in [0.25, 0.3) is 5.56 Å². The number of aromatic nitrogens is 2. The second kappa shape index (κ2) is 5.40. The molecule has 1 atom stereocenters. The van der Waals surface area contributed by atoms with Gasteiger partial charge in [0, 0.05) is 30.8 Å². The number of hydrogen-bond donors (Lipinski definition) is 3. The molecule has 0 aromatic carbocycles. The highest BCUT2D eigenvalue weighted by Crippen LogP contribution is 2.11. The fourth-order valence-electron chi connectivity index (χ4n) is 2.29. The van der Waals surface area contributed by atoms with Gasteiger partial charge in [0.2, 0.25) is 5.91 Å². The van der Waals surface area contributed by atoms with Gasteiger partial charge in [-0.2, -0.15) is 0 Å². The molecule has 7 heteroatoms. The molecule has 1 aliphatic rings. The zero-order chi connectivity index (χ0) is 14.0. The van der Waals surface area contributed by atoms with Gasteiger partial charge in [-0.1, -0.05) is 0 Å². The summed E-state index contributed by atoms with van der Waals surface area (Å²) in [6, 6.07) is 0. The number of β-amino-alcohol motifs (C(OH)–C–C–N with tert-alkyl or cyclic N) is 1. The van der Waals surface area contributed by atoms with E-state index in [1.807, 2.05) is 0 Å². The summed E-state index contributed by atoms with van der Waals surface area (Å²) in [4.78, 5) is 40.8. The molecule has 1 amide bonds. The van der Waals surface area contributed by atoms with Crippen LogP contribution >= 0.6 is 0 Å². The molecule has 0 bridgehead atoms. The first kappa shape index (κ1) is 13.5. The van der Waals surface area contributed by atoms with E-state index in [0.29, 0.717) is 30.8 Å². The van der Waals surface area contributed by atoms with Crippen LogP contribution in [0.5, 0.6) is 0 Å². The average Bonchev–Trinajstić information content (AvgIpc) is 2.74. The highest BCUT2D eigenvalue weighted by atomic mass is 16.3. The number of carbonyl (C=O) groups excluding carboxylic acids is 1. The fourth-order valence-corrected chi connectivity index (χ4v) is 2.29. The molecule has 2 heterocycles. The van der Waals surface area contributed by atoms with E-state index in [-0.39, 0.29) is 18.7 Å². The van der Waals surface area contributed by atoms with E-state index in [9.17, 15) is 19.5 Å². The third-order valence-corrected chi connectivity index (χ3v) is 3.36. The Labute approximate surface area is 109 Å². The van der Waals surface area contributed by atoms with Crippen LogP contribution in [-0.4, -0.2) is 45.1 Å². The molecule has 1 aromatic rings. The molecule has 0 spiro atoms. The highest BCUT2D eigenvalue weighted by Gasteiger charge is 2.24. The van der Waals surface area contributed by atoms with Crippen molar-refractivity contribution >= 4 is 5.91 Å². The van der Waals surface area contributed by atoms with Gasteiger partial charge in [-0.15, -0.1) is 0 Å². The van der Waals surface area contributed by atoms with Crippen molar-refractivity contribution in [3.05, 3.63) is 32.1 Å². The second-order valence-electron chi connectivity index (χ2n) is 4.79. The molecule has 3 N–H and O–H groups in total. The van der Waals surface area contributed by atoms with Gasteiger partial charge < -0.3 is 15.0 Å². The third kappa shape index (κ3) is 3.11. The SMILES string of the molecule is Cc1[nH]c(=O)[nH]c(=O)c1CCC(=O)N1CC[C@@H](O)C1. The molecule has 1 fully saturated rings. The van der Waals surface area contributed by atoms with Gasteiger partial charge >= 0.3 is 5.69 Å². The van der Waals surface area contributed by atoms with Crippen LogP contribution in [0.1, 0.15) is 24.1 Å². The van der Waals surface area contributed by atoms with Crippen molar-refractivity contribution in [3.8, 4) is 0 Å². The topological polar surface area (TPSA) is 106 Å². The Bertz CT molecular complexity index is 589. The van der Waals surface area contributed by atoms with E-state index in [1.165, 1.54) is 0 Å². The van der Waals surface area contributed by atoms with Crippen LogP contribution in [-0.2, 0) is 11.2 Å². The van der Waals surface area contributed by atoms with Gasteiger partial charge in [-0.25, -0.2) is 4.79 Å². The molecule has 0 saturated carbocycles. The fraction of sp³-hybridized carbons (Fsp3) is 0.583. The van der Waals surface area contributed by atoms with Gasteiger partial charge in [0.1, 0.15) is 0 Å². The Balaban J connectivity index is 2.01. The zero-order valence-electron chi connectivity index (χ0n) is 10.7. The summed E-state index contributed by atoms with van der Waals surface area (Å²) in [5.41, 5.74) is -0.0774. The molecule has 1 saturated heterocycles. The summed E-state index contributed by atoms with van der Waals surface area (Å²) in [7, 11) is 0. The lowest BCUT2D eigenvalue weighted by atomic mass is 10.1. The largest absolute Gasteiger partial charge is 0.391 e. The maximum absolute atomic E-state index is 11.9. The minimum absolute atomic E-state index is 0.0819. The number of nitrogens with zero attached hydrogens (tertiary/aromatic N) is 1. The molecule has 1 aromatic heterocycles. The molecule has 0 unspecified atom stereocenters. The van der Waals surface area contributed by atoms with E-state index in [0.717, 1.165) is 0 Å². The predicted molar refractivity (Wildman–Crippen MR) is 67.9 cm³/mol. The predicted octanol–water partition coefficient (Wildman–Crippen LogP) is -1.10. The minimum atomic E-state index is -0.541. The van der Waals surface area contributed by atoms with Crippen LogP contribution in [0.3, 0.4) is 0 Å². The third-order valence-electron chi connectivity index (χ3n) is 3.36. The first-order valence-corrected chi connectivity index (χ1v) is 6.25. The molecule has 0 radical (unpaired) electrons. The Morgan fingerprint density at radius 2 is 2.16 bits per heavy atom. The van der Waals surface area contributed by atoms with Crippen molar-refractivity contribution in [2.24, 2.45) is 0 Å². The van der Waals surface area contributed by atoms with Crippen molar-refractivity contribution in [1.29, 1.82) is 0 Å². The Morgan fingerprint density at radius 1 is 1.42 bits per heavy atom. The molecular formula is C12H17N3O4. The number of aromatic amines is 2. The Morgan fingerprint density at radius 3 is 2.74 bits per heavy atom. The molecule has 7 nitrogen and oxygen atoms in total. The lowest BCUT2D eigenvalue weighted by Crippen LogP contribution is -2.31. The molecule has 1 aliphatic heterocycles. The second-order valence-corrected chi connectivity index (χ2v) is 4.79. The standard InChI is InChI=1S/C12H17N3O4/c1-7-9(11(18)14-12(19)13-7)2-3-10(17)15-5-4-8(16)6-15/h8,16H,2-6H2,1H3,(H2,13,14,18,19)/t8-/m1/s1. The van der Waals surface area contributed by atoms with E-state index in [1.54, 1.807) is 11.8 Å². The number of aryl methyl sites for hydroxylation is 1. The molecule has 2 rings (SSSR count). The van der Waals surface area contributed by atoms with E-state index in [4.69, 9.17) is 0 Å². The van der Waals surface area contributed by atoms with Crippen LogP contribution in [0.25, 0.3) is 0 Å². The van der Waals surface area contributed by atoms with E-state index in [2.05, 4.69) is 9.97 Å². The Hall–Kier alpha value is -1.89. The number of rotatable bonds is 3. The monoisotopic (exact) mass is 267 g/mol. The molecule has 0 aliphatic carbocycles. The quantitative estimate of drug-likeness (QED) is 0.646. The molecular weight excluding hydrogens is 250 g/mol. The summed E-state index contributed by atoms with van der Waals surface area (Å²) in [5.74, 6) is -0.0819. The van der Waals surface area contributed by atoms with Crippen molar-refractivity contribution in [2.45, 2.75) is 32.3 Å². The number of aliphatic hydroxyl groups is 1. The number of aliphatic hydroxyl groups excluding tert-OH is 1. The van der Waals surface area contributed by atoms with Crippen LogP contribution in [0.2, 0.25) is 0 Å². The summed E-state index contributed by atoms with van der Waals surface area (Å²) < 4.78 is 0. The van der Waals surface area contributed by atoms with Gasteiger partial charge in [0.15, 0.2) is 0 Å². The zero-order valence-corrected chi connectivity index (χ0v) is 10.7. The van der Waals surface area contributed by atoms with Crippen LogP contribution in [0.15, 0.2) is 9.59 Å². The summed E-state index contributed by atoms with van der Waals surface area (Å²) in [6.07, 6.45) is 0.637. The molecule has 104 valence electrons. The number of H-pyrrole nitrogens is 2. The number of hydrogen-bond acceptors (Lipinski definition) is 4. The van der Waals surface area contributed by atoms with Crippen molar-refractivity contribution in [1.82, 2.24) is 14.9 Å². The van der Waals surface area contributed by atoms with Crippen LogP contribution < -0.4 is 11.2 Å². The number of amides is 1. The smallest absolute Gasteiger partial charge is 0.325 e. The van der Waals surface area contributed by atoms with E-state index >= 15 is 0 Å². The summed E-state index contributed by atoms with van der Waals surface area (Å²) in [5, 5.41) is 9.36. The number of nitrogens with one attached hydrogen (secondary N) is 2. The van der Waals surface area contributed by atoms with Crippen molar-refractivity contribution < 1.29 is 9.90 Å². The van der Waals surface area contributed by atoms with Gasteiger partial charge in [0.05, 0.1) is 6.10 Å². The maximum Gasteiger partial charge on any atom is 0.325 e. The van der Waals surface area contributed by atoms with Gasteiger partial charge in [-0.05, 0) is 19.8 Å². The molecule has 19 heavy (non-hydrogen) atoms. The first-order valence-electron chi connectivity index (χ1n) is 6.25. The lowest BCUT2D eigenvalue weighted by molar-refractivity contribution is -0.130. The summed E-state index contributed by atoms with van der Waals surface area (Å²) >= 11 is 0. The van der Waals surface area contributed by atoms with Crippen LogP contribution in [0.4, 0.5) is 0 Å². The van der Waals surface area contributed by atoms with Crippen molar-refractivity contribution in [2.75, 3.05) is 13.1 Å². The normalized spacial score (nSPS) is 18.8. The maximum atomic E-state index is 11.9. The lowest BCUT2D eigenvalue weighted by Gasteiger charge is -2.15.